The number of anilines is 1. The molecule has 0 unspecified atom stereocenters. The maximum atomic E-state index is 13.4. The Morgan fingerprint density at radius 3 is 2.29 bits per heavy atom. The van der Waals surface area contributed by atoms with Crippen molar-refractivity contribution in [1.29, 1.82) is 0 Å². The molecule has 7 heteroatoms. The van der Waals surface area contributed by atoms with Gasteiger partial charge in [-0.25, -0.2) is 9.18 Å². The third-order valence-corrected chi connectivity index (χ3v) is 3.50. The van der Waals surface area contributed by atoms with E-state index in [1.807, 2.05) is 0 Å². The molecule has 1 heterocycles. The highest BCUT2D eigenvalue weighted by Crippen LogP contribution is 2.18. The predicted molar refractivity (Wildman–Crippen MR) is 77.4 cm³/mol. The number of amides is 3. The Morgan fingerprint density at radius 2 is 1.71 bits per heavy atom. The summed E-state index contributed by atoms with van der Waals surface area (Å²) in [6.07, 6.45) is 0. The molecule has 1 aromatic rings. The molecule has 6 nitrogen and oxygen atoms in total. The first kappa shape index (κ1) is 15.1. The van der Waals surface area contributed by atoms with Gasteiger partial charge in [-0.1, -0.05) is 6.07 Å². The van der Waals surface area contributed by atoms with Crippen LogP contribution in [0, 0.1) is 5.82 Å². The lowest BCUT2D eigenvalue weighted by molar-refractivity contribution is 0.0651. The van der Waals surface area contributed by atoms with Crippen LogP contribution in [0.3, 0.4) is 0 Å². The first-order valence-electron chi connectivity index (χ1n) is 6.71. The molecule has 1 saturated heterocycles. The highest BCUT2D eigenvalue weighted by atomic mass is 19.1. The first-order chi connectivity index (χ1) is 9.91. The van der Waals surface area contributed by atoms with Crippen LogP contribution in [0.2, 0.25) is 0 Å². The number of carbonyl (C=O) groups excluding carboxylic acids is 2. The van der Waals surface area contributed by atoms with E-state index in [0.717, 1.165) is 0 Å². The van der Waals surface area contributed by atoms with Crippen molar-refractivity contribution in [3.8, 4) is 0 Å². The van der Waals surface area contributed by atoms with Crippen molar-refractivity contribution < 1.29 is 14.0 Å². The first-order valence-corrected chi connectivity index (χ1v) is 6.71. The normalized spacial score (nSPS) is 15.0. The van der Waals surface area contributed by atoms with Gasteiger partial charge in [0.1, 0.15) is 5.82 Å². The zero-order valence-electron chi connectivity index (χ0n) is 12.2. The Bertz CT molecular complexity index is 554. The number of para-hydroxylation sites is 1. The number of nitrogens with zero attached hydrogens (tertiary/aromatic N) is 3. The Balaban J connectivity index is 2.04. The van der Waals surface area contributed by atoms with Crippen LogP contribution in [0.4, 0.5) is 14.9 Å². The number of halogens is 1. The maximum absolute atomic E-state index is 13.4. The highest BCUT2D eigenvalue weighted by Gasteiger charge is 2.26. The minimum absolute atomic E-state index is 0.0765. The van der Waals surface area contributed by atoms with Gasteiger partial charge in [0.25, 0.3) is 5.91 Å². The van der Waals surface area contributed by atoms with Gasteiger partial charge in [-0.05, 0) is 12.1 Å². The molecule has 1 aliphatic heterocycles. The summed E-state index contributed by atoms with van der Waals surface area (Å²) in [7, 11) is 3.38. The van der Waals surface area contributed by atoms with E-state index in [1.165, 1.54) is 23.1 Å². The number of piperazine rings is 1. The zero-order valence-corrected chi connectivity index (χ0v) is 12.2. The van der Waals surface area contributed by atoms with Crippen LogP contribution >= 0.6 is 0 Å². The smallest absolute Gasteiger partial charge is 0.319 e. The van der Waals surface area contributed by atoms with Gasteiger partial charge in [0.15, 0.2) is 0 Å². The van der Waals surface area contributed by atoms with Crippen molar-refractivity contribution >= 4 is 17.6 Å². The fourth-order valence-electron chi connectivity index (χ4n) is 2.28. The molecule has 3 amide bonds. The molecule has 1 aromatic carbocycles. The third kappa shape index (κ3) is 3.07. The lowest BCUT2D eigenvalue weighted by atomic mass is 10.1. The maximum Gasteiger partial charge on any atom is 0.319 e. The van der Waals surface area contributed by atoms with Crippen LogP contribution in [0.25, 0.3) is 0 Å². The van der Waals surface area contributed by atoms with E-state index in [-0.39, 0.29) is 23.2 Å². The van der Waals surface area contributed by atoms with Gasteiger partial charge in [-0.15, -0.1) is 0 Å². The summed E-state index contributed by atoms with van der Waals surface area (Å²) in [4.78, 5) is 28.9. The number of carbonyl (C=O) groups is 2. The highest BCUT2D eigenvalue weighted by molar-refractivity contribution is 5.99. The van der Waals surface area contributed by atoms with Crippen molar-refractivity contribution in [3.05, 3.63) is 29.6 Å². The molecule has 0 aromatic heterocycles. The molecular formula is C14H19FN4O2. The van der Waals surface area contributed by atoms with Gasteiger partial charge >= 0.3 is 6.03 Å². The van der Waals surface area contributed by atoms with Crippen molar-refractivity contribution in [2.75, 3.05) is 46.0 Å². The van der Waals surface area contributed by atoms with Crippen molar-refractivity contribution in [1.82, 2.24) is 14.7 Å². The third-order valence-electron chi connectivity index (χ3n) is 3.50. The molecule has 0 atom stereocenters. The Hall–Kier alpha value is -2.31. The number of rotatable bonds is 1. The average molecular weight is 294 g/mol. The number of hydrogen-bond donors (Lipinski definition) is 1. The molecule has 2 rings (SSSR count). The fourth-order valence-corrected chi connectivity index (χ4v) is 2.28. The summed E-state index contributed by atoms with van der Waals surface area (Å²) in [5, 5.41) is 0. The van der Waals surface area contributed by atoms with E-state index in [9.17, 15) is 14.0 Å². The molecule has 2 N–H and O–H groups in total. The average Bonchev–Trinajstić information content (AvgIpc) is 2.48. The van der Waals surface area contributed by atoms with Gasteiger partial charge < -0.3 is 20.4 Å². The molecule has 0 saturated carbocycles. The molecule has 1 aliphatic rings. The summed E-state index contributed by atoms with van der Waals surface area (Å²) in [5.74, 6) is -0.897. The summed E-state index contributed by atoms with van der Waals surface area (Å²) in [5.41, 5.74) is 5.65. The van der Waals surface area contributed by atoms with Gasteiger partial charge in [0, 0.05) is 40.3 Å². The summed E-state index contributed by atoms with van der Waals surface area (Å²) in [6, 6.07) is 4.12. The second kappa shape index (κ2) is 5.99. The van der Waals surface area contributed by atoms with Gasteiger partial charge in [0.2, 0.25) is 0 Å². The molecule has 21 heavy (non-hydrogen) atoms. The molecule has 0 bridgehead atoms. The molecular weight excluding hydrogens is 275 g/mol. The summed E-state index contributed by atoms with van der Waals surface area (Å²) in [6.45, 7) is 1.73. The zero-order chi connectivity index (χ0) is 15.6. The monoisotopic (exact) mass is 294 g/mol. The van der Waals surface area contributed by atoms with E-state index < -0.39 is 5.82 Å². The van der Waals surface area contributed by atoms with Crippen molar-refractivity contribution in [3.63, 3.8) is 0 Å². The van der Waals surface area contributed by atoms with Crippen LogP contribution in [-0.2, 0) is 0 Å². The molecule has 0 aliphatic carbocycles. The standard InChI is InChI=1S/C14H19FN4O2/c1-17(2)14(21)19-8-6-18(7-9-19)13(20)10-4-3-5-11(15)12(10)16/h3-5H,6-9,16H2,1-2H3. The van der Waals surface area contributed by atoms with Gasteiger partial charge in [-0.3, -0.25) is 4.79 Å². The lowest BCUT2D eigenvalue weighted by Gasteiger charge is -2.36. The molecule has 1 fully saturated rings. The number of nitrogen functional groups attached to an aromatic ring is 1. The van der Waals surface area contributed by atoms with Crippen molar-refractivity contribution in [2.24, 2.45) is 0 Å². The minimum Gasteiger partial charge on any atom is -0.396 e. The topological polar surface area (TPSA) is 69.9 Å². The van der Waals surface area contributed by atoms with Crippen LogP contribution in [0.5, 0.6) is 0 Å². The number of urea groups is 1. The minimum atomic E-state index is -0.595. The van der Waals surface area contributed by atoms with Gasteiger partial charge in [0.05, 0.1) is 11.3 Å². The molecule has 114 valence electrons. The Morgan fingerprint density at radius 1 is 1.14 bits per heavy atom. The van der Waals surface area contributed by atoms with E-state index in [1.54, 1.807) is 23.9 Å². The van der Waals surface area contributed by atoms with Gasteiger partial charge in [-0.2, -0.15) is 0 Å². The molecule has 0 radical (unpaired) electrons. The predicted octanol–water partition coefficient (Wildman–Crippen LogP) is 0.847. The lowest BCUT2D eigenvalue weighted by Crippen LogP contribution is -2.52. The number of nitrogens with two attached hydrogens (primary N) is 1. The van der Waals surface area contributed by atoms with Crippen LogP contribution < -0.4 is 5.73 Å². The van der Waals surface area contributed by atoms with Crippen LogP contribution in [0.1, 0.15) is 10.4 Å². The van der Waals surface area contributed by atoms with Crippen LogP contribution in [-0.4, -0.2) is 66.9 Å². The summed E-state index contributed by atoms with van der Waals surface area (Å²) < 4.78 is 13.4. The van der Waals surface area contributed by atoms with Crippen LogP contribution in [0.15, 0.2) is 18.2 Å². The second-order valence-electron chi connectivity index (χ2n) is 5.16. The van der Waals surface area contributed by atoms with E-state index >= 15 is 0 Å². The quantitative estimate of drug-likeness (QED) is 0.781. The van der Waals surface area contributed by atoms with E-state index in [2.05, 4.69) is 0 Å². The Kier molecular flexibility index (Phi) is 4.30. The number of hydrogen-bond acceptors (Lipinski definition) is 3. The summed E-state index contributed by atoms with van der Waals surface area (Å²) >= 11 is 0. The SMILES string of the molecule is CN(C)C(=O)N1CCN(C(=O)c2cccc(F)c2N)CC1. The van der Waals surface area contributed by atoms with E-state index in [0.29, 0.717) is 26.2 Å². The van der Waals surface area contributed by atoms with Crippen molar-refractivity contribution in [2.45, 2.75) is 0 Å². The second-order valence-corrected chi connectivity index (χ2v) is 5.16. The largest absolute Gasteiger partial charge is 0.396 e. The number of benzene rings is 1. The fraction of sp³-hybridized carbons (Fsp3) is 0.429. The van der Waals surface area contributed by atoms with E-state index in [4.69, 9.17) is 5.73 Å². The molecule has 0 spiro atoms. The Labute approximate surface area is 122 Å².